The van der Waals surface area contributed by atoms with E-state index in [-0.39, 0.29) is 24.2 Å². The fraction of sp³-hybridized carbons (Fsp3) is 0.645. The van der Waals surface area contributed by atoms with Crippen molar-refractivity contribution < 1.29 is 34.2 Å². The van der Waals surface area contributed by atoms with Gasteiger partial charge < -0.3 is 20.8 Å². The SMILES string of the molecule is CN(Cc1cc(O)c2c(c1Cl)C[C@H]1C[C@H]3[C@H](N(C)C)C(=O)C(C(N)=O)C(=O)[C@@]3(O)C(=O)C1C2=O)CC1CCCCCC1. The molecule has 3 saturated carbocycles. The minimum atomic E-state index is -2.74. The van der Waals surface area contributed by atoms with Crippen LogP contribution in [-0.2, 0) is 32.1 Å². The summed E-state index contributed by atoms with van der Waals surface area (Å²) < 4.78 is 0. The number of amides is 1. The Morgan fingerprint density at radius 3 is 2.31 bits per heavy atom. The summed E-state index contributed by atoms with van der Waals surface area (Å²) >= 11 is 6.90. The zero-order valence-electron chi connectivity index (χ0n) is 24.4. The summed E-state index contributed by atoms with van der Waals surface area (Å²) in [6.45, 7) is 1.37. The van der Waals surface area contributed by atoms with Crippen LogP contribution in [0, 0.1) is 29.6 Å². The molecule has 4 N–H and O–H groups in total. The van der Waals surface area contributed by atoms with E-state index >= 15 is 0 Å². The van der Waals surface area contributed by atoms with Gasteiger partial charge in [0.2, 0.25) is 5.91 Å². The normalized spacial score (nSPS) is 32.0. The standard InChI is InChI=1S/C31H40ClN3O7/c1-34(2)25-19-11-16-10-18-22(26(37)21(16)28(39)31(19,42)29(40)23(27(25)38)30(33)41)20(36)12-17(24(18)32)14-35(3)13-15-8-6-4-5-7-9-15/h12,15-16,19,21,23,25,36,42H,4-11,13-14H2,1-3H3,(H2,33,41)/t16-,19-,21?,23?,25-,31-/m0/s1. The van der Waals surface area contributed by atoms with E-state index in [4.69, 9.17) is 17.3 Å². The average molecular weight is 602 g/mol. The number of halogens is 1. The highest BCUT2D eigenvalue weighted by Gasteiger charge is 2.69. The third kappa shape index (κ3) is 4.90. The lowest BCUT2D eigenvalue weighted by molar-refractivity contribution is -0.181. The van der Waals surface area contributed by atoms with E-state index in [0.29, 0.717) is 28.6 Å². The molecule has 0 aromatic heterocycles. The first-order valence-electron chi connectivity index (χ1n) is 14.8. The van der Waals surface area contributed by atoms with Gasteiger partial charge in [0.05, 0.1) is 17.5 Å². The molecule has 1 amide bonds. The first kappa shape index (κ1) is 30.8. The van der Waals surface area contributed by atoms with E-state index in [9.17, 15) is 34.2 Å². The summed E-state index contributed by atoms with van der Waals surface area (Å²) in [5, 5.41) is 23.1. The Labute approximate surface area is 250 Å². The lowest BCUT2D eigenvalue weighted by atomic mass is 9.52. The molecule has 42 heavy (non-hydrogen) atoms. The van der Waals surface area contributed by atoms with Crippen molar-refractivity contribution in [1.82, 2.24) is 9.80 Å². The van der Waals surface area contributed by atoms with E-state index in [1.807, 2.05) is 7.05 Å². The third-order valence-electron chi connectivity index (χ3n) is 10.1. The molecule has 0 aliphatic heterocycles. The van der Waals surface area contributed by atoms with Gasteiger partial charge in [-0.05, 0) is 75.9 Å². The van der Waals surface area contributed by atoms with Crippen LogP contribution in [0.3, 0.4) is 0 Å². The highest BCUT2D eigenvalue weighted by molar-refractivity contribution is 6.34. The average Bonchev–Trinajstić information content (AvgIpc) is 3.17. The third-order valence-corrected chi connectivity index (χ3v) is 10.5. The molecule has 4 aliphatic carbocycles. The molecule has 1 aromatic rings. The van der Waals surface area contributed by atoms with Gasteiger partial charge >= 0.3 is 0 Å². The topological polar surface area (TPSA) is 158 Å². The number of phenolic OH excluding ortho intramolecular Hbond substituents is 1. The number of nitrogens with zero attached hydrogens (tertiary/aromatic N) is 2. The molecule has 0 bridgehead atoms. The van der Waals surface area contributed by atoms with Crippen LogP contribution in [0.2, 0.25) is 5.02 Å². The van der Waals surface area contributed by atoms with Crippen molar-refractivity contribution in [2.24, 2.45) is 35.3 Å². The second kappa shape index (κ2) is 11.4. The Morgan fingerprint density at radius 1 is 1.07 bits per heavy atom. The molecule has 4 aliphatic rings. The van der Waals surface area contributed by atoms with Crippen LogP contribution in [0.4, 0.5) is 0 Å². The van der Waals surface area contributed by atoms with Crippen molar-refractivity contribution in [2.75, 3.05) is 27.7 Å². The number of nitrogens with two attached hydrogens (primary N) is 1. The highest BCUT2D eigenvalue weighted by atomic mass is 35.5. The molecule has 0 heterocycles. The monoisotopic (exact) mass is 601 g/mol. The number of rotatable bonds is 6. The van der Waals surface area contributed by atoms with Crippen molar-refractivity contribution in [1.29, 1.82) is 0 Å². The second-order valence-corrected chi connectivity index (χ2v) is 13.4. The van der Waals surface area contributed by atoms with Crippen LogP contribution in [0.5, 0.6) is 5.75 Å². The fourth-order valence-electron chi connectivity index (χ4n) is 8.17. The van der Waals surface area contributed by atoms with Gasteiger partial charge in [-0.25, -0.2) is 0 Å². The Kier molecular flexibility index (Phi) is 8.39. The van der Waals surface area contributed by atoms with Crippen LogP contribution >= 0.6 is 11.6 Å². The molecule has 0 radical (unpaired) electrons. The quantitative estimate of drug-likeness (QED) is 0.327. The van der Waals surface area contributed by atoms with Crippen LogP contribution < -0.4 is 5.73 Å². The number of carbonyl (C=O) groups excluding carboxylic acids is 5. The largest absolute Gasteiger partial charge is 0.507 e. The number of benzene rings is 1. The van der Waals surface area contributed by atoms with E-state index in [1.54, 1.807) is 14.1 Å². The molecule has 6 atom stereocenters. The van der Waals surface area contributed by atoms with Crippen molar-refractivity contribution >= 4 is 40.6 Å². The minimum absolute atomic E-state index is 0.00715. The number of primary amides is 1. The number of fused-ring (bicyclic) bond motifs is 3. The molecule has 10 nitrogen and oxygen atoms in total. The number of aliphatic hydroxyl groups is 1. The summed E-state index contributed by atoms with van der Waals surface area (Å²) in [5.41, 5.74) is 3.65. The van der Waals surface area contributed by atoms with Crippen molar-refractivity contribution in [3.63, 3.8) is 0 Å². The second-order valence-electron chi connectivity index (χ2n) is 13.1. The lowest BCUT2D eigenvalue weighted by Crippen LogP contribution is -2.74. The molecule has 0 spiro atoms. The van der Waals surface area contributed by atoms with E-state index < -0.39 is 64.4 Å². The van der Waals surface area contributed by atoms with E-state index in [2.05, 4.69) is 4.90 Å². The number of hydrogen-bond donors (Lipinski definition) is 3. The van der Waals surface area contributed by atoms with Crippen molar-refractivity contribution in [3.8, 4) is 5.75 Å². The maximum Gasteiger partial charge on any atom is 0.235 e. The molecule has 0 saturated heterocycles. The fourth-order valence-corrected chi connectivity index (χ4v) is 8.45. The van der Waals surface area contributed by atoms with Crippen molar-refractivity contribution in [3.05, 3.63) is 27.8 Å². The first-order chi connectivity index (χ1) is 19.8. The summed E-state index contributed by atoms with van der Waals surface area (Å²) in [6, 6.07) is 0.322. The summed E-state index contributed by atoms with van der Waals surface area (Å²) in [6.07, 6.45) is 7.51. The molecule has 11 heteroatoms. The van der Waals surface area contributed by atoms with Crippen LogP contribution in [0.15, 0.2) is 6.07 Å². The molecule has 228 valence electrons. The van der Waals surface area contributed by atoms with Gasteiger partial charge in [0.25, 0.3) is 0 Å². The number of ketones is 4. The summed E-state index contributed by atoms with van der Waals surface area (Å²) in [4.78, 5) is 70.1. The van der Waals surface area contributed by atoms with Gasteiger partial charge in [0.1, 0.15) is 5.75 Å². The molecule has 2 unspecified atom stereocenters. The van der Waals surface area contributed by atoms with Gasteiger partial charge in [-0.1, -0.05) is 37.3 Å². The van der Waals surface area contributed by atoms with Crippen LogP contribution in [0.25, 0.3) is 0 Å². The maximum absolute atomic E-state index is 13.9. The molecule has 1 aromatic carbocycles. The van der Waals surface area contributed by atoms with E-state index in [0.717, 1.165) is 6.54 Å². The zero-order valence-corrected chi connectivity index (χ0v) is 25.2. The maximum atomic E-state index is 13.9. The Bertz CT molecular complexity index is 1340. The van der Waals surface area contributed by atoms with Gasteiger partial charge in [-0.3, -0.25) is 28.9 Å². The minimum Gasteiger partial charge on any atom is -0.507 e. The molecular formula is C31H40ClN3O7. The molecular weight excluding hydrogens is 562 g/mol. The number of likely N-dealkylation sites (N-methyl/N-ethyl adjacent to an activating group) is 1. The molecule has 3 fully saturated rings. The number of aromatic hydroxyl groups is 1. The Morgan fingerprint density at radius 2 is 1.71 bits per heavy atom. The van der Waals surface area contributed by atoms with Crippen molar-refractivity contribution in [2.45, 2.75) is 69.6 Å². The van der Waals surface area contributed by atoms with Gasteiger partial charge in [0.15, 0.2) is 34.7 Å². The Hall–Kier alpha value is -2.66. The number of hydrogen-bond acceptors (Lipinski definition) is 9. The van der Waals surface area contributed by atoms with E-state index in [1.165, 1.54) is 49.5 Å². The Balaban J connectivity index is 1.48. The number of phenols is 1. The van der Waals surface area contributed by atoms with Gasteiger partial charge in [-0.15, -0.1) is 0 Å². The predicted octanol–water partition coefficient (Wildman–Crippen LogP) is 1.92. The smallest absolute Gasteiger partial charge is 0.235 e. The summed E-state index contributed by atoms with van der Waals surface area (Å²) in [5.74, 6) is -10.0. The van der Waals surface area contributed by atoms with Crippen LogP contribution in [0.1, 0.15) is 66.4 Å². The number of Topliss-reactive ketones (excluding diaryl/α,β-unsaturated/α-hetero) is 4. The number of carbonyl (C=O) groups is 5. The lowest BCUT2D eigenvalue weighted by Gasteiger charge is -2.52. The zero-order chi connectivity index (χ0) is 30.7. The first-order valence-corrected chi connectivity index (χ1v) is 15.2. The highest BCUT2D eigenvalue weighted by Crippen LogP contribution is 2.51. The summed E-state index contributed by atoms with van der Waals surface area (Å²) in [7, 11) is 5.13. The predicted molar refractivity (Wildman–Crippen MR) is 154 cm³/mol. The van der Waals surface area contributed by atoms with Gasteiger partial charge in [0, 0.05) is 24.0 Å². The van der Waals surface area contributed by atoms with Gasteiger partial charge in [-0.2, -0.15) is 0 Å². The molecule has 5 rings (SSSR count). The van der Waals surface area contributed by atoms with Crippen LogP contribution in [-0.4, -0.2) is 88.4 Å².